The molecule has 156 valence electrons. The molecule has 0 aliphatic rings. The van der Waals surface area contributed by atoms with Crippen molar-refractivity contribution in [2.75, 3.05) is 17.3 Å². The Balaban J connectivity index is 1.86. The van der Waals surface area contributed by atoms with Gasteiger partial charge in [-0.05, 0) is 54.8 Å². The fourth-order valence-corrected chi connectivity index (χ4v) is 4.24. The zero-order valence-electron chi connectivity index (χ0n) is 16.0. The number of ether oxygens (including phenoxy) is 1. The first-order chi connectivity index (χ1) is 14.3. The van der Waals surface area contributed by atoms with E-state index in [2.05, 4.69) is 15.2 Å². The third kappa shape index (κ3) is 4.93. The summed E-state index contributed by atoms with van der Waals surface area (Å²) in [5.74, 6) is 0.572. The zero-order valence-corrected chi connectivity index (χ0v) is 17.7. The summed E-state index contributed by atoms with van der Waals surface area (Å²) in [6, 6.07) is 13.6. The Morgan fingerprint density at radius 3 is 2.50 bits per heavy atom. The van der Waals surface area contributed by atoms with Gasteiger partial charge in [-0.3, -0.25) is 20.3 Å². The summed E-state index contributed by atoms with van der Waals surface area (Å²) in [7, 11) is -2.53. The van der Waals surface area contributed by atoms with Gasteiger partial charge in [0, 0.05) is 16.6 Å². The minimum absolute atomic E-state index is 0.0827. The van der Waals surface area contributed by atoms with Crippen LogP contribution in [0.2, 0.25) is 0 Å². The van der Waals surface area contributed by atoms with Crippen LogP contribution in [0.15, 0.2) is 70.0 Å². The van der Waals surface area contributed by atoms with E-state index in [0.29, 0.717) is 17.1 Å². The van der Waals surface area contributed by atoms with Gasteiger partial charge in [0.2, 0.25) is 0 Å². The Morgan fingerprint density at radius 2 is 1.90 bits per heavy atom. The normalized spacial score (nSPS) is 11.7. The first kappa shape index (κ1) is 21.3. The Labute approximate surface area is 177 Å². The summed E-state index contributed by atoms with van der Waals surface area (Å²) in [6.45, 7) is 1.77. The minimum Gasteiger partial charge on any atom is -0.497 e. The maximum atomic E-state index is 12.7. The molecule has 2 aromatic carbocycles. The topological polar surface area (TPSA) is 123 Å². The minimum atomic E-state index is -4.03. The highest BCUT2D eigenvalue weighted by Gasteiger charge is 2.21. The molecule has 0 saturated heterocycles. The third-order valence-corrected chi connectivity index (χ3v) is 6.40. The number of rotatable bonds is 8. The average molecular weight is 447 g/mol. The van der Waals surface area contributed by atoms with Crippen LogP contribution in [0.25, 0.3) is 0 Å². The Hall–Kier alpha value is -3.44. The molecule has 0 saturated carbocycles. The van der Waals surface area contributed by atoms with Crippen LogP contribution >= 0.6 is 11.3 Å². The summed E-state index contributed by atoms with van der Waals surface area (Å²) in [5.41, 5.74) is 3.28. The lowest BCUT2D eigenvalue weighted by Crippen LogP contribution is -2.13. The molecule has 0 aliphatic heterocycles. The van der Waals surface area contributed by atoms with E-state index in [0.717, 1.165) is 10.9 Å². The number of nitro benzene ring substituents is 1. The standard InChI is InChI=1S/C19H18N4O5S2/c1-13(19-4-3-11-29-19)20-21-17-10-9-16(12-18(17)23(24)25)30(26,27)22-14-5-7-15(28-2)8-6-14/h3-12,21-22H,1-2H3/b20-13+. The lowest BCUT2D eigenvalue weighted by molar-refractivity contribution is -0.384. The summed E-state index contributed by atoms with van der Waals surface area (Å²) in [5, 5.41) is 17.5. The molecule has 3 rings (SSSR count). The van der Waals surface area contributed by atoms with Gasteiger partial charge in [-0.15, -0.1) is 11.3 Å². The lowest BCUT2D eigenvalue weighted by Gasteiger charge is -2.10. The van der Waals surface area contributed by atoms with Crippen LogP contribution < -0.4 is 14.9 Å². The number of sulfonamides is 1. The molecule has 0 amide bonds. The van der Waals surface area contributed by atoms with E-state index in [4.69, 9.17) is 4.74 Å². The van der Waals surface area contributed by atoms with Crippen LogP contribution in [0.1, 0.15) is 11.8 Å². The maximum Gasteiger partial charge on any atom is 0.295 e. The van der Waals surface area contributed by atoms with Crippen molar-refractivity contribution >= 4 is 44.1 Å². The van der Waals surface area contributed by atoms with E-state index < -0.39 is 20.6 Å². The SMILES string of the molecule is COc1ccc(NS(=O)(=O)c2ccc(N/N=C(\C)c3cccs3)c([N+](=O)[O-])c2)cc1. The van der Waals surface area contributed by atoms with E-state index in [-0.39, 0.29) is 10.6 Å². The largest absolute Gasteiger partial charge is 0.497 e. The van der Waals surface area contributed by atoms with E-state index in [9.17, 15) is 18.5 Å². The number of hydrogen-bond donors (Lipinski definition) is 2. The number of hydrogen-bond acceptors (Lipinski definition) is 8. The molecule has 30 heavy (non-hydrogen) atoms. The van der Waals surface area contributed by atoms with Gasteiger partial charge in [0.1, 0.15) is 11.4 Å². The molecule has 0 bridgehead atoms. The molecule has 0 spiro atoms. The summed E-state index contributed by atoms with van der Waals surface area (Å²) < 4.78 is 32.7. The first-order valence-corrected chi connectivity index (χ1v) is 11.0. The second kappa shape index (κ2) is 8.93. The maximum absolute atomic E-state index is 12.7. The van der Waals surface area contributed by atoms with E-state index in [1.54, 1.807) is 19.1 Å². The molecule has 0 aliphatic carbocycles. The molecule has 1 aromatic heterocycles. The predicted octanol–water partition coefficient (Wildman–Crippen LogP) is 4.30. The van der Waals surface area contributed by atoms with Gasteiger partial charge in [0.05, 0.1) is 22.6 Å². The Morgan fingerprint density at radius 1 is 1.17 bits per heavy atom. The molecule has 0 radical (unpaired) electrons. The fourth-order valence-electron chi connectivity index (χ4n) is 2.48. The number of nitro groups is 1. The molecule has 2 N–H and O–H groups in total. The van der Waals surface area contributed by atoms with Crippen LogP contribution in [0.3, 0.4) is 0 Å². The molecule has 0 atom stereocenters. The van der Waals surface area contributed by atoms with Crippen LogP contribution in [0, 0.1) is 10.1 Å². The monoisotopic (exact) mass is 446 g/mol. The number of nitrogens with one attached hydrogen (secondary N) is 2. The highest BCUT2D eigenvalue weighted by Crippen LogP contribution is 2.29. The van der Waals surface area contributed by atoms with Crippen molar-refractivity contribution < 1.29 is 18.1 Å². The van der Waals surface area contributed by atoms with Gasteiger partial charge in [-0.2, -0.15) is 5.10 Å². The summed E-state index contributed by atoms with van der Waals surface area (Å²) >= 11 is 1.49. The number of nitrogens with zero attached hydrogens (tertiary/aromatic N) is 2. The Bertz CT molecular complexity index is 1170. The van der Waals surface area contributed by atoms with Crippen LogP contribution in [-0.2, 0) is 10.0 Å². The molecule has 0 unspecified atom stereocenters. The van der Waals surface area contributed by atoms with Gasteiger partial charge < -0.3 is 4.74 Å². The van der Waals surface area contributed by atoms with Crippen molar-refractivity contribution in [1.29, 1.82) is 0 Å². The molecule has 9 nitrogen and oxygen atoms in total. The van der Waals surface area contributed by atoms with E-state index in [1.165, 1.54) is 42.7 Å². The summed E-state index contributed by atoms with van der Waals surface area (Å²) in [4.78, 5) is 11.5. The highest BCUT2D eigenvalue weighted by atomic mass is 32.2. The average Bonchev–Trinajstić information content (AvgIpc) is 3.27. The van der Waals surface area contributed by atoms with Gasteiger partial charge in [-0.25, -0.2) is 8.42 Å². The molecule has 0 fully saturated rings. The number of hydrazone groups is 1. The fraction of sp³-hybridized carbons (Fsp3) is 0.105. The van der Waals surface area contributed by atoms with Crippen molar-refractivity contribution in [3.05, 3.63) is 75.0 Å². The molecular weight excluding hydrogens is 428 g/mol. The molecule has 11 heteroatoms. The van der Waals surface area contributed by atoms with Crippen molar-refractivity contribution in [2.24, 2.45) is 5.10 Å². The second-order valence-corrected chi connectivity index (χ2v) is 8.69. The van der Waals surface area contributed by atoms with Crippen molar-refractivity contribution in [3.8, 4) is 5.75 Å². The molecule has 3 aromatic rings. The van der Waals surface area contributed by atoms with Gasteiger partial charge in [0.15, 0.2) is 0 Å². The van der Waals surface area contributed by atoms with Crippen LogP contribution in [-0.4, -0.2) is 26.2 Å². The lowest BCUT2D eigenvalue weighted by atomic mass is 10.3. The Kier molecular flexibility index (Phi) is 6.33. The van der Waals surface area contributed by atoms with Crippen molar-refractivity contribution in [1.82, 2.24) is 0 Å². The third-order valence-electron chi connectivity index (χ3n) is 4.04. The quantitative estimate of drug-likeness (QED) is 0.302. The van der Waals surface area contributed by atoms with Gasteiger partial charge in [0.25, 0.3) is 15.7 Å². The van der Waals surface area contributed by atoms with Gasteiger partial charge in [-0.1, -0.05) is 6.07 Å². The van der Waals surface area contributed by atoms with E-state index >= 15 is 0 Å². The number of anilines is 2. The van der Waals surface area contributed by atoms with Gasteiger partial charge >= 0.3 is 0 Å². The van der Waals surface area contributed by atoms with E-state index in [1.807, 2.05) is 17.5 Å². The van der Waals surface area contributed by atoms with Crippen LogP contribution in [0.5, 0.6) is 5.75 Å². The molecular formula is C19H18N4O5S2. The number of methoxy groups -OCH3 is 1. The highest BCUT2D eigenvalue weighted by molar-refractivity contribution is 7.92. The predicted molar refractivity (Wildman–Crippen MR) is 117 cm³/mol. The molecule has 1 heterocycles. The summed E-state index contributed by atoms with van der Waals surface area (Å²) in [6.07, 6.45) is 0. The zero-order chi connectivity index (χ0) is 21.7. The first-order valence-electron chi connectivity index (χ1n) is 8.59. The van der Waals surface area contributed by atoms with Crippen molar-refractivity contribution in [2.45, 2.75) is 11.8 Å². The second-order valence-electron chi connectivity index (χ2n) is 6.06. The van der Waals surface area contributed by atoms with Crippen LogP contribution in [0.4, 0.5) is 17.1 Å². The van der Waals surface area contributed by atoms with Crippen molar-refractivity contribution in [3.63, 3.8) is 0 Å². The number of thiophene rings is 1. The number of benzene rings is 2. The smallest absolute Gasteiger partial charge is 0.295 e.